The maximum atomic E-state index is 5.36. The Bertz CT molecular complexity index is 265. The fourth-order valence-electron chi connectivity index (χ4n) is 2.07. The molecule has 3 nitrogen and oxygen atoms in total. The van der Waals surface area contributed by atoms with Crippen molar-refractivity contribution in [3.63, 3.8) is 0 Å². The summed E-state index contributed by atoms with van der Waals surface area (Å²) in [6.45, 7) is 5.59. The highest BCUT2D eigenvalue weighted by Gasteiger charge is 2.14. The van der Waals surface area contributed by atoms with Crippen LogP contribution in [0.3, 0.4) is 0 Å². The molecule has 84 valence electrons. The highest BCUT2D eigenvalue weighted by Crippen LogP contribution is 2.15. The molecule has 2 heterocycles. The molecule has 0 unspecified atom stereocenters. The monoisotopic (exact) mass is 208 g/mol. The molecule has 1 aliphatic rings. The third-order valence-corrected chi connectivity index (χ3v) is 3.14. The molecule has 0 radical (unpaired) electrons. The van der Waals surface area contributed by atoms with Crippen LogP contribution in [0.2, 0.25) is 0 Å². The van der Waals surface area contributed by atoms with E-state index in [9.17, 15) is 0 Å². The molecule has 1 aromatic heterocycles. The lowest BCUT2D eigenvalue weighted by molar-refractivity contribution is 0.332. The highest BCUT2D eigenvalue weighted by atomic mass is 16.3. The van der Waals surface area contributed by atoms with Gasteiger partial charge in [0.15, 0.2) is 0 Å². The first kappa shape index (κ1) is 10.7. The summed E-state index contributed by atoms with van der Waals surface area (Å²) in [6, 6.07) is 4.30. The van der Waals surface area contributed by atoms with Crippen LogP contribution in [0, 0.1) is 5.92 Å². The van der Waals surface area contributed by atoms with E-state index in [1.165, 1.54) is 25.9 Å². The van der Waals surface area contributed by atoms with Crippen molar-refractivity contribution in [2.24, 2.45) is 5.92 Å². The van der Waals surface area contributed by atoms with Crippen molar-refractivity contribution in [1.82, 2.24) is 10.6 Å². The molecule has 1 atom stereocenters. The first-order valence-electron chi connectivity index (χ1n) is 5.84. The lowest BCUT2D eigenvalue weighted by Gasteiger charge is -2.24. The first-order valence-corrected chi connectivity index (χ1v) is 5.84. The van der Waals surface area contributed by atoms with Crippen molar-refractivity contribution in [2.45, 2.75) is 25.8 Å². The Balaban J connectivity index is 1.73. The topological polar surface area (TPSA) is 37.2 Å². The number of hydrogen-bond donors (Lipinski definition) is 2. The maximum Gasteiger partial charge on any atom is 0.120 e. The van der Waals surface area contributed by atoms with Crippen molar-refractivity contribution in [3.05, 3.63) is 24.2 Å². The zero-order valence-corrected chi connectivity index (χ0v) is 9.33. The van der Waals surface area contributed by atoms with E-state index in [-0.39, 0.29) is 0 Å². The van der Waals surface area contributed by atoms with Gasteiger partial charge in [0, 0.05) is 0 Å². The van der Waals surface area contributed by atoms with E-state index in [2.05, 4.69) is 17.6 Å². The van der Waals surface area contributed by atoms with Crippen molar-refractivity contribution in [3.8, 4) is 0 Å². The van der Waals surface area contributed by atoms with Crippen molar-refractivity contribution >= 4 is 0 Å². The molecule has 0 saturated carbocycles. The minimum atomic E-state index is 0.329. The summed E-state index contributed by atoms with van der Waals surface area (Å²) in [5.74, 6) is 1.85. The molecule has 0 bridgehead atoms. The van der Waals surface area contributed by atoms with Gasteiger partial charge < -0.3 is 15.1 Å². The van der Waals surface area contributed by atoms with E-state index in [0.29, 0.717) is 6.04 Å². The van der Waals surface area contributed by atoms with Gasteiger partial charge in [0.1, 0.15) is 5.76 Å². The van der Waals surface area contributed by atoms with Gasteiger partial charge in [-0.2, -0.15) is 0 Å². The molecule has 2 N–H and O–H groups in total. The van der Waals surface area contributed by atoms with Gasteiger partial charge in [-0.3, -0.25) is 0 Å². The summed E-state index contributed by atoms with van der Waals surface area (Å²) < 4.78 is 5.36. The Morgan fingerprint density at radius 2 is 2.33 bits per heavy atom. The third-order valence-electron chi connectivity index (χ3n) is 3.14. The summed E-state index contributed by atoms with van der Waals surface area (Å²) in [6.07, 6.45) is 4.31. The lowest BCUT2D eigenvalue weighted by atomic mass is 9.98. The predicted octanol–water partition coefficient (Wildman–Crippen LogP) is 1.93. The Morgan fingerprint density at radius 1 is 1.53 bits per heavy atom. The van der Waals surface area contributed by atoms with E-state index in [1.807, 2.05) is 12.1 Å². The van der Waals surface area contributed by atoms with Crippen LogP contribution in [0.15, 0.2) is 22.8 Å². The highest BCUT2D eigenvalue weighted by molar-refractivity contribution is 5.02. The third kappa shape index (κ3) is 3.08. The maximum absolute atomic E-state index is 5.36. The van der Waals surface area contributed by atoms with Gasteiger partial charge in [-0.1, -0.05) is 0 Å². The number of furan rings is 1. The molecule has 0 amide bonds. The van der Waals surface area contributed by atoms with Crippen LogP contribution in [0.5, 0.6) is 0 Å². The van der Waals surface area contributed by atoms with Gasteiger partial charge in [-0.25, -0.2) is 0 Å². The fourth-order valence-corrected chi connectivity index (χ4v) is 2.07. The predicted molar refractivity (Wildman–Crippen MR) is 60.7 cm³/mol. The zero-order chi connectivity index (χ0) is 10.5. The Morgan fingerprint density at radius 3 is 3.00 bits per heavy atom. The largest absolute Gasteiger partial charge is 0.468 e. The second-order valence-electron chi connectivity index (χ2n) is 4.34. The SMILES string of the molecule is C[C@H](NCC1CCNCC1)c1ccco1. The molecule has 1 aromatic rings. The quantitative estimate of drug-likeness (QED) is 0.794. The second-order valence-corrected chi connectivity index (χ2v) is 4.34. The summed E-state index contributed by atoms with van der Waals surface area (Å²) >= 11 is 0. The van der Waals surface area contributed by atoms with Crippen LogP contribution in [-0.2, 0) is 0 Å². The van der Waals surface area contributed by atoms with Crippen LogP contribution in [-0.4, -0.2) is 19.6 Å². The van der Waals surface area contributed by atoms with Gasteiger partial charge in [0.2, 0.25) is 0 Å². The van der Waals surface area contributed by atoms with Gasteiger partial charge in [0.25, 0.3) is 0 Å². The van der Waals surface area contributed by atoms with Crippen LogP contribution >= 0.6 is 0 Å². The normalized spacial score (nSPS) is 20.3. The minimum absolute atomic E-state index is 0.329. The zero-order valence-electron chi connectivity index (χ0n) is 9.33. The number of hydrogen-bond acceptors (Lipinski definition) is 3. The first-order chi connectivity index (χ1) is 7.36. The van der Waals surface area contributed by atoms with Crippen LogP contribution in [0.1, 0.15) is 31.6 Å². The molecule has 1 aliphatic heterocycles. The summed E-state index contributed by atoms with van der Waals surface area (Å²) in [5.41, 5.74) is 0. The molecule has 0 spiro atoms. The Labute approximate surface area is 91.2 Å². The second kappa shape index (κ2) is 5.33. The smallest absolute Gasteiger partial charge is 0.120 e. The van der Waals surface area contributed by atoms with E-state index in [1.54, 1.807) is 6.26 Å². The van der Waals surface area contributed by atoms with Gasteiger partial charge in [0.05, 0.1) is 12.3 Å². The van der Waals surface area contributed by atoms with Crippen molar-refractivity contribution in [2.75, 3.05) is 19.6 Å². The number of piperidine rings is 1. The van der Waals surface area contributed by atoms with Crippen LogP contribution in [0.25, 0.3) is 0 Å². The average Bonchev–Trinajstić information content (AvgIpc) is 2.81. The van der Waals surface area contributed by atoms with E-state index < -0.39 is 0 Å². The average molecular weight is 208 g/mol. The molecular formula is C12H20N2O. The molecule has 1 saturated heterocycles. The summed E-state index contributed by atoms with van der Waals surface area (Å²) in [4.78, 5) is 0. The van der Waals surface area contributed by atoms with Crippen LogP contribution in [0.4, 0.5) is 0 Å². The number of nitrogens with one attached hydrogen (secondary N) is 2. The van der Waals surface area contributed by atoms with E-state index in [0.717, 1.165) is 18.2 Å². The molecule has 2 rings (SSSR count). The van der Waals surface area contributed by atoms with E-state index in [4.69, 9.17) is 4.42 Å². The van der Waals surface area contributed by atoms with Crippen molar-refractivity contribution in [1.29, 1.82) is 0 Å². The molecular weight excluding hydrogens is 188 g/mol. The number of rotatable bonds is 4. The summed E-state index contributed by atoms with van der Waals surface area (Å²) in [5, 5.41) is 6.92. The van der Waals surface area contributed by atoms with Gasteiger partial charge >= 0.3 is 0 Å². The minimum Gasteiger partial charge on any atom is -0.468 e. The molecule has 0 aromatic carbocycles. The Hall–Kier alpha value is -0.800. The molecule has 1 fully saturated rings. The van der Waals surface area contributed by atoms with Crippen molar-refractivity contribution < 1.29 is 4.42 Å². The van der Waals surface area contributed by atoms with Gasteiger partial charge in [-0.05, 0) is 57.5 Å². The lowest BCUT2D eigenvalue weighted by Crippen LogP contribution is -2.34. The molecule has 3 heteroatoms. The summed E-state index contributed by atoms with van der Waals surface area (Å²) in [7, 11) is 0. The Kier molecular flexibility index (Phi) is 3.80. The van der Waals surface area contributed by atoms with Gasteiger partial charge in [-0.15, -0.1) is 0 Å². The van der Waals surface area contributed by atoms with Crippen LogP contribution < -0.4 is 10.6 Å². The van der Waals surface area contributed by atoms with E-state index >= 15 is 0 Å². The standard InChI is InChI=1S/C12H20N2O/c1-10(12-3-2-8-15-12)14-9-11-4-6-13-7-5-11/h2-3,8,10-11,13-14H,4-7,9H2,1H3/t10-/m0/s1. The molecule has 15 heavy (non-hydrogen) atoms. The fraction of sp³-hybridized carbons (Fsp3) is 0.667. The molecule has 0 aliphatic carbocycles.